The van der Waals surface area contributed by atoms with Crippen molar-refractivity contribution in [3.8, 4) is 5.75 Å². The first-order chi connectivity index (χ1) is 12.0. The minimum atomic E-state index is -0.394. The van der Waals surface area contributed by atoms with E-state index in [1.807, 2.05) is 0 Å². The number of nitrogens with two attached hydrogens (primary N) is 1. The van der Waals surface area contributed by atoms with E-state index in [4.69, 9.17) is 15.2 Å². The van der Waals surface area contributed by atoms with Crippen LogP contribution in [0.2, 0.25) is 0 Å². The number of anilines is 1. The van der Waals surface area contributed by atoms with Crippen LogP contribution in [-0.4, -0.2) is 31.0 Å². The summed E-state index contributed by atoms with van der Waals surface area (Å²) in [5.74, 6) is -0.297. The molecule has 25 heavy (non-hydrogen) atoms. The summed E-state index contributed by atoms with van der Waals surface area (Å²) in [6.07, 6.45) is 3.43. The Morgan fingerprint density at radius 2 is 2.12 bits per heavy atom. The lowest BCUT2D eigenvalue weighted by atomic mass is 10.1. The Labute approximate surface area is 146 Å². The molecule has 7 nitrogen and oxygen atoms in total. The number of nitrogen functional groups attached to an aromatic ring is 1. The first-order valence-electron chi connectivity index (χ1n) is 8.22. The highest BCUT2D eigenvalue weighted by Crippen LogP contribution is 2.24. The molecular formula is C18H22N2O5. The summed E-state index contributed by atoms with van der Waals surface area (Å²) in [6, 6.07) is 5.15. The molecule has 7 heteroatoms. The van der Waals surface area contributed by atoms with Crippen LogP contribution in [0.25, 0.3) is 6.08 Å². The fourth-order valence-corrected chi connectivity index (χ4v) is 2.37. The second-order valence-corrected chi connectivity index (χ2v) is 5.62. The Balaban J connectivity index is 1.89. The van der Waals surface area contributed by atoms with Crippen LogP contribution < -0.4 is 15.8 Å². The maximum atomic E-state index is 11.6. The molecule has 1 aromatic rings. The SMILES string of the molecule is CCOC(=O)CCCCOc1ccc(N)c(/C=C2\CC(=O)NC2=O)c1. The number of rotatable bonds is 8. The van der Waals surface area contributed by atoms with Gasteiger partial charge in [-0.05, 0) is 44.0 Å². The summed E-state index contributed by atoms with van der Waals surface area (Å²) in [6.45, 7) is 2.63. The highest BCUT2D eigenvalue weighted by molar-refractivity contribution is 6.15. The third-order valence-corrected chi connectivity index (χ3v) is 3.63. The van der Waals surface area contributed by atoms with Crippen molar-refractivity contribution < 1.29 is 23.9 Å². The van der Waals surface area contributed by atoms with Gasteiger partial charge in [0.05, 0.1) is 19.6 Å². The molecule has 0 atom stereocenters. The number of amides is 2. The minimum Gasteiger partial charge on any atom is -0.494 e. The van der Waals surface area contributed by atoms with Gasteiger partial charge in [-0.15, -0.1) is 0 Å². The number of imide groups is 1. The number of nitrogens with one attached hydrogen (secondary N) is 1. The van der Waals surface area contributed by atoms with Crippen LogP contribution in [0.4, 0.5) is 5.69 Å². The molecule has 0 aromatic heterocycles. The summed E-state index contributed by atoms with van der Waals surface area (Å²) in [5, 5.41) is 2.23. The van der Waals surface area contributed by atoms with Crippen molar-refractivity contribution in [2.24, 2.45) is 0 Å². The number of carbonyl (C=O) groups excluding carboxylic acids is 3. The van der Waals surface area contributed by atoms with E-state index in [9.17, 15) is 14.4 Å². The predicted octanol–water partition coefficient (Wildman–Crippen LogP) is 1.81. The van der Waals surface area contributed by atoms with Crippen LogP contribution in [0.15, 0.2) is 23.8 Å². The third-order valence-electron chi connectivity index (χ3n) is 3.63. The van der Waals surface area contributed by atoms with Gasteiger partial charge in [-0.1, -0.05) is 0 Å². The Kier molecular flexibility index (Phi) is 6.56. The van der Waals surface area contributed by atoms with E-state index in [0.29, 0.717) is 48.6 Å². The highest BCUT2D eigenvalue weighted by Gasteiger charge is 2.23. The average molecular weight is 346 g/mol. The maximum Gasteiger partial charge on any atom is 0.305 e. The number of hydrogen-bond donors (Lipinski definition) is 2. The van der Waals surface area contributed by atoms with E-state index in [2.05, 4.69) is 5.32 Å². The quantitative estimate of drug-likeness (QED) is 0.244. The van der Waals surface area contributed by atoms with E-state index in [0.717, 1.165) is 6.42 Å². The molecule has 1 fully saturated rings. The maximum absolute atomic E-state index is 11.6. The third kappa shape index (κ3) is 5.63. The van der Waals surface area contributed by atoms with Crippen molar-refractivity contribution in [1.29, 1.82) is 0 Å². The van der Waals surface area contributed by atoms with Crippen molar-refractivity contribution in [2.75, 3.05) is 18.9 Å². The lowest BCUT2D eigenvalue weighted by Crippen LogP contribution is -2.19. The molecule has 1 aliphatic heterocycles. The normalized spacial score (nSPS) is 15.3. The van der Waals surface area contributed by atoms with Gasteiger partial charge in [-0.3, -0.25) is 19.7 Å². The molecule has 0 bridgehead atoms. The topological polar surface area (TPSA) is 108 Å². The molecule has 2 rings (SSSR count). The Bertz CT molecular complexity index is 697. The standard InChI is InChI=1S/C18H22N2O5/c1-2-24-17(22)5-3-4-8-25-14-6-7-15(19)12(10-14)9-13-11-16(21)20-18(13)23/h6-7,9-10H,2-5,8,11,19H2,1H3,(H,20,21,23)/b13-9+. The van der Waals surface area contributed by atoms with Gasteiger partial charge >= 0.3 is 5.97 Å². The summed E-state index contributed by atoms with van der Waals surface area (Å²) < 4.78 is 10.5. The van der Waals surface area contributed by atoms with E-state index in [1.165, 1.54) is 0 Å². The van der Waals surface area contributed by atoms with Crippen molar-refractivity contribution in [2.45, 2.75) is 32.6 Å². The molecular weight excluding hydrogens is 324 g/mol. The number of esters is 1. The number of carbonyl (C=O) groups is 3. The number of benzene rings is 1. The zero-order valence-corrected chi connectivity index (χ0v) is 14.2. The van der Waals surface area contributed by atoms with Gasteiger partial charge < -0.3 is 15.2 Å². The molecule has 1 heterocycles. The van der Waals surface area contributed by atoms with E-state index < -0.39 is 5.91 Å². The van der Waals surface area contributed by atoms with Gasteiger partial charge in [0, 0.05) is 23.2 Å². The molecule has 0 radical (unpaired) electrons. The Hall–Kier alpha value is -2.83. The predicted molar refractivity (Wildman–Crippen MR) is 92.6 cm³/mol. The van der Waals surface area contributed by atoms with Crippen LogP contribution in [0, 0.1) is 0 Å². The summed E-state index contributed by atoms with van der Waals surface area (Å²) in [5.41, 5.74) is 7.42. The van der Waals surface area contributed by atoms with Crippen molar-refractivity contribution in [3.05, 3.63) is 29.3 Å². The van der Waals surface area contributed by atoms with Crippen LogP contribution in [0.5, 0.6) is 5.75 Å². The summed E-state index contributed by atoms with van der Waals surface area (Å²) >= 11 is 0. The van der Waals surface area contributed by atoms with Gasteiger partial charge in [-0.25, -0.2) is 0 Å². The minimum absolute atomic E-state index is 0.0528. The van der Waals surface area contributed by atoms with Crippen LogP contribution in [0.3, 0.4) is 0 Å². The van der Waals surface area contributed by atoms with E-state index in [-0.39, 0.29) is 18.3 Å². The molecule has 1 aromatic carbocycles. The molecule has 134 valence electrons. The smallest absolute Gasteiger partial charge is 0.305 e. The summed E-state index contributed by atoms with van der Waals surface area (Å²) in [7, 11) is 0. The number of unbranched alkanes of at least 4 members (excludes halogenated alkanes) is 1. The zero-order chi connectivity index (χ0) is 18.2. The Morgan fingerprint density at radius 1 is 1.32 bits per heavy atom. The molecule has 0 spiro atoms. The lowest BCUT2D eigenvalue weighted by Gasteiger charge is -2.09. The first-order valence-corrected chi connectivity index (χ1v) is 8.22. The molecule has 1 saturated heterocycles. The van der Waals surface area contributed by atoms with Crippen molar-refractivity contribution in [1.82, 2.24) is 5.32 Å². The molecule has 3 N–H and O–H groups in total. The van der Waals surface area contributed by atoms with Crippen LogP contribution in [-0.2, 0) is 19.1 Å². The van der Waals surface area contributed by atoms with E-state index in [1.54, 1.807) is 31.2 Å². The zero-order valence-electron chi connectivity index (χ0n) is 14.2. The van der Waals surface area contributed by atoms with Crippen molar-refractivity contribution >= 4 is 29.5 Å². The molecule has 0 aliphatic carbocycles. The average Bonchev–Trinajstić information content (AvgIpc) is 2.88. The second kappa shape index (κ2) is 8.86. The van der Waals surface area contributed by atoms with Crippen molar-refractivity contribution in [3.63, 3.8) is 0 Å². The Morgan fingerprint density at radius 3 is 2.80 bits per heavy atom. The fraction of sp³-hybridized carbons (Fsp3) is 0.389. The highest BCUT2D eigenvalue weighted by atomic mass is 16.5. The molecule has 2 amide bonds. The molecule has 0 unspecified atom stereocenters. The van der Waals surface area contributed by atoms with Gasteiger partial charge in [0.1, 0.15) is 5.75 Å². The van der Waals surface area contributed by atoms with Gasteiger partial charge in [-0.2, -0.15) is 0 Å². The lowest BCUT2D eigenvalue weighted by molar-refractivity contribution is -0.143. The largest absolute Gasteiger partial charge is 0.494 e. The summed E-state index contributed by atoms with van der Waals surface area (Å²) in [4.78, 5) is 34.1. The van der Waals surface area contributed by atoms with Gasteiger partial charge in [0.25, 0.3) is 5.91 Å². The van der Waals surface area contributed by atoms with Crippen LogP contribution >= 0.6 is 0 Å². The monoisotopic (exact) mass is 346 g/mol. The molecule has 1 aliphatic rings. The van der Waals surface area contributed by atoms with Gasteiger partial charge in [0.15, 0.2) is 0 Å². The second-order valence-electron chi connectivity index (χ2n) is 5.62. The van der Waals surface area contributed by atoms with Gasteiger partial charge in [0.2, 0.25) is 5.91 Å². The fourth-order valence-electron chi connectivity index (χ4n) is 2.37. The number of ether oxygens (including phenoxy) is 2. The first kappa shape index (κ1) is 18.5. The number of hydrogen-bond acceptors (Lipinski definition) is 6. The van der Waals surface area contributed by atoms with E-state index >= 15 is 0 Å². The van der Waals surface area contributed by atoms with Crippen LogP contribution in [0.1, 0.15) is 38.2 Å². The molecule has 0 saturated carbocycles.